The molecular weight excluding hydrogens is 412 g/mol. The second-order valence-electron chi connectivity index (χ2n) is 12.8. The Hall–Kier alpha value is -1.16. The lowest BCUT2D eigenvalue weighted by molar-refractivity contribution is -0.168. The van der Waals surface area contributed by atoms with Crippen molar-refractivity contribution in [1.82, 2.24) is 0 Å². The molecule has 7 atom stereocenters. The van der Waals surface area contributed by atoms with Crippen molar-refractivity contribution in [3.63, 3.8) is 0 Å². The van der Waals surface area contributed by atoms with Crippen LogP contribution in [-0.4, -0.2) is 28.6 Å². The van der Waals surface area contributed by atoms with Crippen molar-refractivity contribution < 1.29 is 19.4 Å². The van der Waals surface area contributed by atoms with Gasteiger partial charge in [-0.2, -0.15) is 0 Å². The van der Waals surface area contributed by atoms with Gasteiger partial charge in [-0.05, 0) is 79.6 Å². The summed E-state index contributed by atoms with van der Waals surface area (Å²) in [5, 5.41) is 12.3. The van der Waals surface area contributed by atoms with Crippen LogP contribution in [0, 0.1) is 34.5 Å². The van der Waals surface area contributed by atoms with Gasteiger partial charge in [-0.1, -0.05) is 53.9 Å². The Morgan fingerprint density at radius 3 is 2.52 bits per heavy atom. The van der Waals surface area contributed by atoms with E-state index in [2.05, 4.69) is 34.6 Å². The summed E-state index contributed by atoms with van der Waals surface area (Å²) in [5.74, 6) is 2.09. The lowest BCUT2D eigenvalue weighted by Crippen LogP contribution is -2.60. The second kappa shape index (κ2) is 8.81. The number of allylic oxidation sites excluding steroid dienone is 1. The van der Waals surface area contributed by atoms with E-state index in [-0.39, 0.29) is 22.9 Å². The van der Waals surface area contributed by atoms with Gasteiger partial charge >= 0.3 is 5.97 Å². The van der Waals surface area contributed by atoms with E-state index >= 15 is 0 Å². The Kier molecular flexibility index (Phi) is 6.66. The second-order valence-corrected chi connectivity index (χ2v) is 12.8. The first-order chi connectivity index (χ1) is 15.4. The van der Waals surface area contributed by atoms with Gasteiger partial charge < -0.3 is 9.84 Å². The Morgan fingerprint density at radius 1 is 1.12 bits per heavy atom. The van der Waals surface area contributed by atoms with Crippen molar-refractivity contribution in [2.24, 2.45) is 34.5 Å². The average molecular weight is 459 g/mol. The highest BCUT2D eigenvalue weighted by Gasteiger charge is 2.64. The fourth-order valence-corrected chi connectivity index (χ4v) is 8.49. The molecule has 0 aromatic carbocycles. The number of carbonyl (C=O) groups is 2. The minimum Gasteiger partial charge on any atom is -0.463 e. The first-order valence-corrected chi connectivity index (χ1v) is 13.6. The van der Waals surface area contributed by atoms with Crippen LogP contribution >= 0.6 is 0 Å². The lowest BCUT2D eigenvalue weighted by Gasteiger charge is -2.61. The van der Waals surface area contributed by atoms with Crippen molar-refractivity contribution in [2.75, 3.05) is 0 Å². The van der Waals surface area contributed by atoms with Crippen molar-refractivity contribution in [3.05, 3.63) is 11.1 Å². The highest BCUT2D eigenvalue weighted by Crippen LogP contribution is 2.66. The minimum absolute atomic E-state index is 0.0311. The predicted octanol–water partition coefficient (Wildman–Crippen LogP) is 6.40. The van der Waals surface area contributed by atoms with Crippen LogP contribution in [0.3, 0.4) is 0 Å². The molecule has 3 fully saturated rings. The van der Waals surface area contributed by atoms with E-state index in [0.29, 0.717) is 30.0 Å². The molecule has 0 bridgehead atoms. The van der Waals surface area contributed by atoms with Crippen LogP contribution in [0.25, 0.3) is 0 Å². The van der Waals surface area contributed by atoms with Gasteiger partial charge in [0, 0.05) is 24.3 Å². The largest absolute Gasteiger partial charge is 0.463 e. The summed E-state index contributed by atoms with van der Waals surface area (Å²) in [6.07, 6.45) is 10.3. The van der Waals surface area contributed by atoms with E-state index in [4.69, 9.17) is 4.74 Å². The van der Waals surface area contributed by atoms with E-state index in [1.165, 1.54) is 26.2 Å². The van der Waals surface area contributed by atoms with Crippen molar-refractivity contribution in [1.29, 1.82) is 0 Å². The molecule has 0 amide bonds. The fourth-order valence-electron chi connectivity index (χ4n) is 8.49. The van der Waals surface area contributed by atoms with Gasteiger partial charge in [0.2, 0.25) is 0 Å². The van der Waals surface area contributed by atoms with E-state index in [1.54, 1.807) is 0 Å². The monoisotopic (exact) mass is 458 g/mol. The van der Waals surface area contributed by atoms with Gasteiger partial charge in [-0.25, -0.2) is 0 Å². The summed E-state index contributed by atoms with van der Waals surface area (Å²) in [7, 11) is 0. The van der Waals surface area contributed by atoms with E-state index in [1.807, 2.05) is 0 Å². The number of hydrogen-bond acceptors (Lipinski definition) is 4. The number of ether oxygens (including phenoxy) is 1. The molecule has 0 aromatic rings. The standard InChI is InChI=1S/C29H46O4/c1-18(2)8-7-9-19(3)24-17-25(31)26-23-11-10-21-16-22(33-20(4)30)12-13-28(21,6)29(23,32)15-14-27(24,26)5/h18-19,21-22,24,32H,7-17H2,1-6H3/t19-,21+,22+,24-,27-,28+,29+/m1/s1. The summed E-state index contributed by atoms with van der Waals surface area (Å²) in [5.41, 5.74) is 0.875. The molecule has 4 aliphatic rings. The number of Topliss-reactive ketones (excluding diaryl/α,β-unsaturated/α-hetero) is 1. The summed E-state index contributed by atoms with van der Waals surface area (Å²) in [6.45, 7) is 13.0. The maximum absolute atomic E-state index is 13.5. The van der Waals surface area contributed by atoms with Gasteiger partial charge in [0.25, 0.3) is 0 Å². The van der Waals surface area contributed by atoms with Crippen LogP contribution in [-0.2, 0) is 14.3 Å². The minimum atomic E-state index is -0.891. The summed E-state index contributed by atoms with van der Waals surface area (Å²) >= 11 is 0. The highest BCUT2D eigenvalue weighted by atomic mass is 16.5. The Morgan fingerprint density at radius 2 is 1.85 bits per heavy atom. The highest BCUT2D eigenvalue weighted by molar-refractivity contribution is 6.01. The molecule has 33 heavy (non-hydrogen) atoms. The number of esters is 1. The van der Waals surface area contributed by atoms with Crippen LogP contribution in [0.5, 0.6) is 0 Å². The number of hydrogen-bond donors (Lipinski definition) is 1. The number of aliphatic hydroxyl groups is 1. The zero-order valence-electron chi connectivity index (χ0n) is 21.8. The molecule has 0 aliphatic heterocycles. The Bertz CT molecular complexity index is 827. The summed E-state index contributed by atoms with van der Waals surface area (Å²) < 4.78 is 5.56. The average Bonchev–Trinajstić information content (AvgIpc) is 2.99. The Labute approximate surface area is 200 Å². The van der Waals surface area contributed by atoms with E-state index < -0.39 is 5.60 Å². The third-order valence-corrected chi connectivity index (χ3v) is 10.5. The molecule has 0 unspecified atom stereocenters. The first-order valence-electron chi connectivity index (χ1n) is 13.6. The van der Waals surface area contributed by atoms with E-state index in [9.17, 15) is 14.7 Å². The lowest BCUT2D eigenvalue weighted by atomic mass is 9.46. The van der Waals surface area contributed by atoms with E-state index in [0.717, 1.165) is 62.0 Å². The van der Waals surface area contributed by atoms with Crippen molar-refractivity contribution in [3.8, 4) is 0 Å². The smallest absolute Gasteiger partial charge is 0.302 e. The normalized spacial score (nSPS) is 41.5. The molecule has 1 N–H and O–H groups in total. The van der Waals surface area contributed by atoms with Crippen molar-refractivity contribution in [2.45, 2.75) is 124 Å². The number of ketones is 1. The predicted molar refractivity (Wildman–Crippen MR) is 131 cm³/mol. The molecule has 4 nitrogen and oxygen atoms in total. The molecule has 0 radical (unpaired) electrons. The van der Waals surface area contributed by atoms with Crippen LogP contribution in [0.2, 0.25) is 0 Å². The molecule has 4 rings (SSSR count). The van der Waals surface area contributed by atoms with Crippen LogP contribution in [0.4, 0.5) is 0 Å². The molecule has 4 heteroatoms. The molecule has 0 aromatic heterocycles. The van der Waals surface area contributed by atoms with Crippen molar-refractivity contribution >= 4 is 11.8 Å². The molecule has 3 saturated carbocycles. The van der Waals surface area contributed by atoms with Gasteiger partial charge in [0.1, 0.15) is 6.10 Å². The van der Waals surface area contributed by atoms with Gasteiger partial charge in [-0.3, -0.25) is 9.59 Å². The summed E-state index contributed by atoms with van der Waals surface area (Å²) in [4.78, 5) is 25.0. The maximum atomic E-state index is 13.5. The first kappa shape index (κ1) is 24.9. The maximum Gasteiger partial charge on any atom is 0.302 e. The summed E-state index contributed by atoms with van der Waals surface area (Å²) in [6, 6.07) is 0. The molecule has 4 aliphatic carbocycles. The fraction of sp³-hybridized carbons (Fsp3) is 0.862. The molecular formula is C29H46O4. The number of fused-ring (bicyclic) bond motifs is 4. The van der Waals surface area contributed by atoms with Gasteiger partial charge in [0.05, 0.1) is 5.60 Å². The molecule has 0 spiro atoms. The number of carbonyl (C=O) groups excluding carboxylic acids is 2. The van der Waals surface area contributed by atoms with Crippen LogP contribution in [0.1, 0.15) is 112 Å². The van der Waals surface area contributed by atoms with Gasteiger partial charge in [-0.15, -0.1) is 0 Å². The van der Waals surface area contributed by atoms with Gasteiger partial charge in [0.15, 0.2) is 5.78 Å². The third-order valence-electron chi connectivity index (χ3n) is 10.5. The number of rotatable bonds is 6. The molecule has 186 valence electrons. The zero-order valence-corrected chi connectivity index (χ0v) is 21.8. The Balaban J connectivity index is 1.61. The van der Waals surface area contributed by atoms with Crippen LogP contribution in [0.15, 0.2) is 11.1 Å². The topological polar surface area (TPSA) is 63.6 Å². The SMILES string of the molecule is CC(=O)O[C@H]1CC[C@@]2(C)[C@@H](CCC3=C4C(=O)C[C@H]([C@H](C)CCCC(C)C)[C@@]4(C)CC[C@]32O)C1. The quantitative estimate of drug-likeness (QED) is 0.468. The molecule has 0 saturated heterocycles. The zero-order chi connectivity index (χ0) is 24.2. The third kappa shape index (κ3) is 4.02. The van der Waals surface area contributed by atoms with Crippen LogP contribution < -0.4 is 0 Å². The molecule has 0 heterocycles.